The number of halogens is 2. The highest BCUT2D eigenvalue weighted by Gasteiger charge is 2.27. The fourth-order valence-electron chi connectivity index (χ4n) is 2.97. The largest absolute Gasteiger partial charge is 0.496 e. The smallest absolute Gasteiger partial charge is 0.128 e. The molecule has 2 heterocycles. The molecule has 1 N–H and O–H groups in total. The fourth-order valence-corrected chi connectivity index (χ4v) is 2.97. The second-order valence-electron chi connectivity index (χ2n) is 5.70. The summed E-state index contributed by atoms with van der Waals surface area (Å²) in [4.78, 5) is 4.90. The van der Waals surface area contributed by atoms with Crippen molar-refractivity contribution in [2.75, 3.05) is 13.7 Å². The van der Waals surface area contributed by atoms with Crippen LogP contribution in [0.3, 0.4) is 0 Å². The van der Waals surface area contributed by atoms with E-state index in [-0.39, 0.29) is 24.8 Å². The Hall–Kier alpha value is -1.23. The summed E-state index contributed by atoms with van der Waals surface area (Å²) < 4.78 is 7.75. The number of fused-ring (bicyclic) bond motifs is 1. The minimum absolute atomic E-state index is 0. The van der Waals surface area contributed by atoms with Crippen LogP contribution in [0.5, 0.6) is 5.75 Å². The van der Waals surface area contributed by atoms with E-state index in [0.717, 1.165) is 42.3 Å². The van der Waals surface area contributed by atoms with E-state index in [9.17, 15) is 0 Å². The van der Waals surface area contributed by atoms with Crippen LogP contribution in [0.2, 0.25) is 0 Å². The van der Waals surface area contributed by atoms with E-state index >= 15 is 0 Å². The lowest BCUT2D eigenvalue weighted by Crippen LogP contribution is -2.36. The van der Waals surface area contributed by atoms with Crippen molar-refractivity contribution in [3.63, 3.8) is 0 Å². The fraction of sp³-hybridized carbons (Fsp3) is 0.471. The van der Waals surface area contributed by atoms with E-state index in [1.165, 1.54) is 0 Å². The van der Waals surface area contributed by atoms with Gasteiger partial charge in [0, 0.05) is 24.8 Å². The number of imidazole rings is 1. The van der Waals surface area contributed by atoms with Crippen LogP contribution < -0.4 is 10.1 Å². The lowest BCUT2D eigenvalue weighted by atomic mass is 9.97. The summed E-state index contributed by atoms with van der Waals surface area (Å²) in [7, 11) is 1.71. The average molecular weight is 358 g/mol. The van der Waals surface area contributed by atoms with Gasteiger partial charge >= 0.3 is 0 Å². The SMILES string of the molecule is CCC(C)C1NCCn2cc(-c3ccccc3OC)nc21.Cl.Cl. The zero-order valence-electron chi connectivity index (χ0n) is 13.8. The summed E-state index contributed by atoms with van der Waals surface area (Å²) in [5.74, 6) is 2.61. The molecular weight excluding hydrogens is 333 g/mol. The highest BCUT2D eigenvalue weighted by molar-refractivity contribution is 5.85. The first-order valence-corrected chi connectivity index (χ1v) is 7.68. The molecule has 1 aromatic carbocycles. The Labute approximate surface area is 150 Å². The molecule has 0 fully saturated rings. The Kier molecular flexibility index (Phi) is 7.39. The highest BCUT2D eigenvalue weighted by Crippen LogP contribution is 2.33. The number of para-hydroxylation sites is 1. The van der Waals surface area contributed by atoms with Crippen molar-refractivity contribution in [1.82, 2.24) is 14.9 Å². The van der Waals surface area contributed by atoms with Crippen LogP contribution in [0.15, 0.2) is 30.5 Å². The molecule has 3 rings (SSSR count). The van der Waals surface area contributed by atoms with Gasteiger partial charge in [-0.1, -0.05) is 32.4 Å². The standard InChI is InChI=1S/C17H23N3O.2ClH/c1-4-12(2)16-17-19-14(11-20(17)10-9-18-16)13-7-5-6-8-15(13)21-3;;/h5-8,11-12,16,18H,4,9-10H2,1-3H3;2*1H. The Morgan fingerprint density at radius 3 is 2.78 bits per heavy atom. The second kappa shape index (κ2) is 8.57. The first-order chi connectivity index (χ1) is 10.2. The van der Waals surface area contributed by atoms with Crippen molar-refractivity contribution in [3.05, 3.63) is 36.3 Å². The van der Waals surface area contributed by atoms with Gasteiger partial charge in [-0.05, 0) is 18.1 Å². The topological polar surface area (TPSA) is 39.1 Å². The van der Waals surface area contributed by atoms with Crippen molar-refractivity contribution >= 4 is 24.8 Å². The van der Waals surface area contributed by atoms with Crippen LogP contribution >= 0.6 is 24.8 Å². The molecule has 0 amide bonds. The first-order valence-electron chi connectivity index (χ1n) is 7.68. The van der Waals surface area contributed by atoms with Crippen LogP contribution in [0.25, 0.3) is 11.3 Å². The predicted molar refractivity (Wildman–Crippen MR) is 98.9 cm³/mol. The molecule has 0 aliphatic carbocycles. The summed E-state index contributed by atoms with van der Waals surface area (Å²) in [6, 6.07) is 8.41. The summed E-state index contributed by atoms with van der Waals surface area (Å²) in [5.41, 5.74) is 2.06. The zero-order valence-corrected chi connectivity index (χ0v) is 15.4. The molecule has 4 nitrogen and oxygen atoms in total. The number of nitrogens with one attached hydrogen (secondary N) is 1. The van der Waals surface area contributed by atoms with Gasteiger partial charge in [-0.2, -0.15) is 0 Å². The number of rotatable bonds is 4. The molecule has 1 aliphatic heterocycles. The summed E-state index contributed by atoms with van der Waals surface area (Å²) >= 11 is 0. The maximum Gasteiger partial charge on any atom is 0.128 e. The van der Waals surface area contributed by atoms with Crippen molar-refractivity contribution in [1.29, 1.82) is 0 Å². The monoisotopic (exact) mass is 357 g/mol. The van der Waals surface area contributed by atoms with Crippen LogP contribution in [-0.4, -0.2) is 23.2 Å². The van der Waals surface area contributed by atoms with Crippen LogP contribution in [-0.2, 0) is 6.54 Å². The molecule has 128 valence electrons. The molecule has 2 aromatic rings. The number of benzene rings is 1. The number of nitrogens with zero attached hydrogens (tertiary/aromatic N) is 2. The second-order valence-corrected chi connectivity index (χ2v) is 5.70. The molecule has 23 heavy (non-hydrogen) atoms. The third-order valence-electron chi connectivity index (χ3n) is 4.40. The van der Waals surface area contributed by atoms with Gasteiger partial charge in [0.15, 0.2) is 0 Å². The van der Waals surface area contributed by atoms with Crippen molar-refractivity contribution < 1.29 is 4.74 Å². The molecule has 0 bridgehead atoms. The minimum Gasteiger partial charge on any atom is -0.496 e. The number of hydrogen-bond acceptors (Lipinski definition) is 3. The summed E-state index contributed by atoms with van der Waals surface area (Å²) in [6.45, 7) is 6.49. The Morgan fingerprint density at radius 2 is 2.09 bits per heavy atom. The molecule has 0 saturated carbocycles. The Balaban J connectivity index is 0.00000132. The van der Waals surface area contributed by atoms with Crippen molar-refractivity contribution in [2.45, 2.75) is 32.9 Å². The van der Waals surface area contributed by atoms with Gasteiger partial charge in [0.1, 0.15) is 11.6 Å². The van der Waals surface area contributed by atoms with E-state index < -0.39 is 0 Å². The van der Waals surface area contributed by atoms with Gasteiger partial charge in [-0.25, -0.2) is 4.98 Å². The van der Waals surface area contributed by atoms with Crippen molar-refractivity contribution in [3.8, 4) is 17.0 Å². The van der Waals surface area contributed by atoms with Gasteiger partial charge in [0.25, 0.3) is 0 Å². The highest BCUT2D eigenvalue weighted by atomic mass is 35.5. The Morgan fingerprint density at radius 1 is 1.35 bits per heavy atom. The zero-order chi connectivity index (χ0) is 14.8. The average Bonchev–Trinajstić information content (AvgIpc) is 2.97. The molecule has 1 aliphatic rings. The van der Waals surface area contributed by atoms with Gasteiger partial charge in [-0.3, -0.25) is 0 Å². The lowest BCUT2D eigenvalue weighted by Gasteiger charge is -2.29. The third kappa shape index (κ3) is 3.82. The Bertz CT molecular complexity index is 630. The van der Waals surface area contributed by atoms with E-state index in [0.29, 0.717) is 12.0 Å². The van der Waals surface area contributed by atoms with Crippen LogP contribution in [0.4, 0.5) is 0 Å². The molecule has 0 radical (unpaired) electrons. The van der Waals surface area contributed by atoms with Gasteiger partial charge < -0.3 is 14.6 Å². The maximum atomic E-state index is 5.46. The van der Waals surface area contributed by atoms with Crippen LogP contribution in [0.1, 0.15) is 32.1 Å². The molecular formula is C17H25Cl2N3O. The quantitative estimate of drug-likeness (QED) is 0.895. The number of aromatic nitrogens is 2. The number of methoxy groups -OCH3 is 1. The van der Waals surface area contributed by atoms with Crippen molar-refractivity contribution in [2.24, 2.45) is 5.92 Å². The number of ether oxygens (including phenoxy) is 1. The van der Waals surface area contributed by atoms with E-state index in [2.05, 4.69) is 36.0 Å². The van der Waals surface area contributed by atoms with Crippen LogP contribution in [0, 0.1) is 5.92 Å². The lowest BCUT2D eigenvalue weighted by molar-refractivity contribution is 0.315. The maximum absolute atomic E-state index is 5.46. The normalized spacial score (nSPS) is 17.4. The predicted octanol–water partition coefficient (Wildman–Crippen LogP) is 4.09. The van der Waals surface area contributed by atoms with Gasteiger partial charge in [0.05, 0.1) is 18.8 Å². The first kappa shape index (κ1) is 19.8. The molecule has 1 aromatic heterocycles. The number of hydrogen-bond donors (Lipinski definition) is 1. The molecule has 2 unspecified atom stereocenters. The molecule has 6 heteroatoms. The van der Waals surface area contributed by atoms with E-state index in [4.69, 9.17) is 9.72 Å². The summed E-state index contributed by atoms with van der Waals surface area (Å²) in [6.07, 6.45) is 3.30. The molecule has 0 spiro atoms. The molecule has 2 atom stereocenters. The van der Waals surface area contributed by atoms with E-state index in [1.54, 1.807) is 7.11 Å². The third-order valence-corrected chi connectivity index (χ3v) is 4.40. The minimum atomic E-state index is 0. The summed E-state index contributed by atoms with van der Waals surface area (Å²) in [5, 5.41) is 3.60. The van der Waals surface area contributed by atoms with Gasteiger partial charge in [0.2, 0.25) is 0 Å². The van der Waals surface area contributed by atoms with E-state index in [1.807, 2.05) is 18.2 Å². The molecule has 0 saturated heterocycles. The van der Waals surface area contributed by atoms with Gasteiger partial charge in [-0.15, -0.1) is 24.8 Å².